The number of piperazine rings is 1. The number of amides is 3. The van der Waals surface area contributed by atoms with Gasteiger partial charge < -0.3 is 15.1 Å². The Morgan fingerprint density at radius 1 is 1.00 bits per heavy atom. The molecular formula is C37H34Cl2N6O3. The van der Waals surface area contributed by atoms with Crippen LogP contribution in [0.2, 0.25) is 10.0 Å². The lowest BCUT2D eigenvalue weighted by molar-refractivity contribution is -0.165. The molecular weight excluding hydrogens is 647 g/mol. The quantitative estimate of drug-likeness (QED) is 0.217. The van der Waals surface area contributed by atoms with E-state index in [1.54, 1.807) is 33.0 Å². The van der Waals surface area contributed by atoms with Gasteiger partial charge in [-0.15, -0.1) is 0 Å². The number of halogens is 2. The number of nitrogens with zero attached hydrogens (tertiary/aromatic N) is 5. The zero-order valence-corrected chi connectivity index (χ0v) is 27.7. The number of fused-ring (bicyclic) bond motifs is 2. The van der Waals surface area contributed by atoms with E-state index in [4.69, 9.17) is 23.2 Å². The fraction of sp³-hybridized carbons (Fsp3) is 0.243. The van der Waals surface area contributed by atoms with Crippen LogP contribution >= 0.6 is 23.2 Å². The van der Waals surface area contributed by atoms with Crippen molar-refractivity contribution in [2.75, 3.05) is 26.2 Å². The van der Waals surface area contributed by atoms with Crippen molar-refractivity contribution in [2.24, 2.45) is 0 Å². The Labute approximate surface area is 289 Å². The largest absolute Gasteiger partial charge is 0.333 e. The number of rotatable bonds is 11. The third kappa shape index (κ3) is 6.93. The van der Waals surface area contributed by atoms with Gasteiger partial charge in [-0.05, 0) is 45.2 Å². The Bertz CT molecular complexity index is 1900. The Balaban J connectivity index is 1.28. The second kappa shape index (κ2) is 14.6. The molecule has 0 unspecified atom stereocenters. The van der Waals surface area contributed by atoms with Gasteiger partial charge >= 0.3 is 0 Å². The van der Waals surface area contributed by atoms with Crippen LogP contribution in [0.25, 0.3) is 16.8 Å². The Hall–Kier alpha value is -4.72. The standard InChI is InChI=1S/C37H34Cl2N6O3/c1-2-25-10-12-26(13-11-25)19-33-37(48)42(22-29-8-5-7-28-6-3-4-9-30(28)29)23-34-44(24-36(47)45(33)34)43(17-16-40)35(46)21-41-20-27-14-15-31(38)32(39)18-27/h2-15,18,33-34,41H,1,17,19-24H2/t33-,34+/m0/s1. The van der Waals surface area contributed by atoms with Crippen LogP contribution in [0.5, 0.6) is 0 Å². The van der Waals surface area contributed by atoms with Gasteiger partial charge in [0.2, 0.25) is 11.8 Å². The molecule has 0 aromatic heterocycles. The van der Waals surface area contributed by atoms with Crippen molar-refractivity contribution in [1.82, 2.24) is 25.1 Å². The van der Waals surface area contributed by atoms with E-state index < -0.39 is 12.2 Å². The summed E-state index contributed by atoms with van der Waals surface area (Å²) < 4.78 is 0. The first kappa shape index (κ1) is 33.2. The molecule has 0 bridgehead atoms. The third-order valence-electron chi connectivity index (χ3n) is 8.86. The molecule has 0 spiro atoms. The fourth-order valence-electron chi connectivity index (χ4n) is 6.48. The number of carbonyl (C=O) groups excluding carboxylic acids is 3. The van der Waals surface area contributed by atoms with E-state index in [1.807, 2.05) is 72.8 Å². The monoisotopic (exact) mass is 680 g/mol. The van der Waals surface area contributed by atoms with E-state index >= 15 is 0 Å². The summed E-state index contributed by atoms with van der Waals surface area (Å²) in [7, 11) is 0. The van der Waals surface area contributed by atoms with Crippen molar-refractivity contribution in [3.8, 4) is 6.07 Å². The summed E-state index contributed by atoms with van der Waals surface area (Å²) >= 11 is 12.2. The molecule has 0 radical (unpaired) electrons. The van der Waals surface area contributed by atoms with Crippen LogP contribution < -0.4 is 5.32 Å². The van der Waals surface area contributed by atoms with Crippen LogP contribution in [0.15, 0.2) is 91.5 Å². The molecule has 48 heavy (non-hydrogen) atoms. The molecule has 9 nitrogen and oxygen atoms in total. The minimum absolute atomic E-state index is 0.0862. The first-order chi connectivity index (χ1) is 23.3. The average molecular weight is 682 g/mol. The van der Waals surface area contributed by atoms with Gasteiger partial charge in [-0.25, -0.2) is 0 Å². The summed E-state index contributed by atoms with van der Waals surface area (Å²) in [6.07, 6.45) is 1.41. The van der Waals surface area contributed by atoms with Crippen LogP contribution in [0.3, 0.4) is 0 Å². The predicted molar refractivity (Wildman–Crippen MR) is 186 cm³/mol. The second-order valence-corrected chi connectivity index (χ2v) is 12.7. The van der Waals surface area contributed by atoms with Gasteiger partial charge in [-0.3, -0.25) is 19.4 Å². The van der Waals surface area contributed by atoms with Crippen LogP contribution in [0.1, 0.15) is 22.3 Å². The summed E-state index contributed by atoms with van der Waals surface area (Å²) in [5.74, 6) is -0.811. The van der Waals surface area contributed by atoms with Gasteiger partial charge in [0.05, 0.1) is 35.7 Å². The molecule has 1 N–H and O–H groups in total. The molecule has 11 heteroatoms. The molecule has 244 valence electrons. The fourth-order valence-corrected chi connectivity index (χ4v) is 6.80. The van der Waals surface area contributed by atoms with Crippen LogP contribution in [0.4, 0.5) is 0 Å². The molecule has 6 rings (SSSR count). The van der Waals surface area contributed by atoms with E-state index in [1.165, 1.54) is 5.01 Å². The Morgan fingerprint density at radius 2 is 1.75 bits per heavy atom. The molecule has 3 amide bonds. The zero-order chi connectivity index (χ0) is 33.8. The summed E-state index contributed by atoms with van der Waals surface area (Å²) in [4.78, 5) is 45.0. The van der Waals surface area contributed by atoms with Gasteiger partial charge in [0.25, 0.3) is 5.91 Å². The number of hydrogen-bond acceptors (Lipinski definition) is 6. The first-order valence-electron chi connectivity index (χ1n) is 15.6. The van der Waals surface area contributed by atoms with E-state index in [0.717, 1.165) is 33.0 Å². The van der Waals surface area contributed by atoms with Crippen molar-refractivity contribution in [3.63, 3.8) is 0 Å². The van der Waals surface area contributed by atoms with Gasteiger partial charge in [-0.2, -0.15) is 10.3 Å². The molecule has 2 fully saturated rings. The summed E-state index contributed by atoms with van der Waals surface area (Å²) in [6.45, 7) is 4.19. The lowest BCUT2D eigenvalue weighted by atomic mass is 9.98. The van der Waals surface area contributed by atoms with Crippen LogP contribution in [0, 0.1) is 11.3 Å². The third-order valence-corrected chi connectivity index (χ3v) is 9.60. The number of hydrazine groups is 1. The molecule has 2 atom stereocenters. The minimum atomic E-state index is -0.794. The lowest BCUT2D eigenvalue weighted by Gasteiger charge is -2.46. The number of nitriles is 1. The highest BCUT2D eigenvalue weighted by Gasteiger charge is 2.52. The molecule has 4 aromatic carbocycles. The minimum Gasteiger partial charge on any atom is -0.333 e. The Morgan fingerprint density at radius 3 is 2.50 bits per heavy atom. The molecule has 2 saturated heterocycles. The highest BCUT2D eigenvalue weighted by molar-refractivity contribution is 6.42. The van der Waals surface area contributed by atoms with E-state index in [-0.39, 0.29) is 43.9 Å². The second-order valence-electron chi connectivity index (χ2n) is 11.9. The number of hydrogen-bond donors (Lipinski definition) is 1. The van der Waals surface area contributed by atoms with Crippen molar-refractivity contribution in [1.29, 1.82) is 5.26 Å². The molecule has 2 aliphatic heterocycles. The maximum Gasteiger partial charge on any atom is 0.251 e. The van der Waals surface area contributed by atoms with Crippen LogP contribution in [-0.2, 0) is 33.9 Å². The number of carbonyl (C=O) groups is 3. The van der Waals surface area contributed by atoms with Gasteiger partial charge in [-0.1, -0.05) is 109 Å². The summed E-state index contributed by atoms with van der Waals surface area (Å²) in [6, 6.07) is 28.3. The number of nitrogens with one attached hydrogen (secondary N) is 1. The summed E-state index contributed by atoms with van der Waals surface area (Å²) in [5.41, 5.74) is 3.67. The zero-order valence-electron chi connectivity index (χ0n) is 26.2. The maximum atomic E-state index is 14.3. The van der Waals surface area contributed by atoms with Crippen molar-refractivity contribution < 1.29 is 14.4 Å². The highest BCUT2D eigenvalue weighted by atomic mass is 35.5. The van der Waals surface area contributed by atoms with Crippen molar-refractivity contribution >= 4 is 57.8 Å². The Kier molecular flexibility index (Phi) is 10.1. The highest BCUT2D eigenvalue weighted by Crippen LogP contribution is 2.31. The maximum absolute atomic E-state index is 14.3. The molecule has 2 aliphatic rings. The molecule has 0 saturated carbocycles. The van der Waals surface area contributed by atoms with Crippen LogP contribution in [-0.4, -0.2) is 75.9 Å². The van der Waals surface area contributed by atoms with Crippen molar-refractivity contribution in [3.05, 3.63) is 124 Å². The molecule has 0 aliphatic carbocycles. The SMILES string of the molecule is C=Cc1ccc(C[C@H]2C(=O)N(Cc3cccc4ccccc34)C[C@H]3N2C(=O)CN3N(CC#N)C(=O)CNCc2ccc(Cl)c(Cl)c2)cc1. The number of benzene rings is 4. The average Bonchev–Trinajstić information content (AvgIpc) is 3.42. The van der Waals surface area contributed by atoms with E-state index in [0.29, 0.717) is 29.6 Å². The normalized spacial score (nSPS) is 17.8. The smallest absolute Gasteiger partial charge is 0.251 e. The van der Waals surface area contributed by atoms with Gasteiger partial charge in [0, 0.05) is 19.5 Å². The molecule has 4 aromatic rings. The van der Waals surface area contributed by atoms with Gasteiger partial charge in [0.15, 0.2) is 0 Å². The first-order valence-corrected chi connectivity index (χ1v) is 16.4. The predicted octanol–water partition coefficient (Wildman–Crippen LogP) is 5.27. The topological polar surface area (TPSA) is 100.0 Å². The van der Waals surface area contributed by atoms with E-state index in [9.17, 15) is 19.6 Å². The van der Waals surface area contributed by atoms with E-state index in [2.05, 4.69) is 18.0 Å². The summed E-state index contributed by atoms with van der Waals surface area (Å²) in [5, 5.41) is 18.8. The van der Waals surface area contributed by atoms with Crippen molar-refractivity contribution in [2.45, 2.75) is 31.7 Å². The van der Waals surface area contributed by atoms with Gasteiger partial charge in [0.1, 0.15) is 18.8 Å². The lowest BCUT2D eigenvalue weighted by Crippen LogP contribution is -2.65. The molecule has 2 heterocycles.